The highest BCUT2D eigenvalue weighted by Crippen LogP contribution is 2.44. The average molecular weight is 410 g/mol. The average Bonchev–Trinajstić information content (AvgIpc) is 3.44. The summed E-state index contributed by atoms with van der Waals surface area (Å²) in [6.45, 7) is 4.93. The minimum atomic E-state index is -1.13. The van der Waals surface area contributed by atoms with E-state index in [9.17, 15) is 14.4 Å². The second kappa shape index (κ2) is 6.84. The van der Waals surface area contributed by atoms with Gasteiger partial charge in [0.15, 0.2) is 5.54 Å². The van der Waals surface area contributed by atoms with Crippen LogP contribution in [0.25, 0.3) is 10.9 Å². The molecule has 3 atom stereocenters. The summed E-state index contributed by atoms with van der Waals surface area (Å²) in [5, 5.41) is 3.92. The maximum absolute atomic E-state index is 13.6. The SMILES string of the molecule is C[C@@H](C(=O)NCC1CCCO1)N1C(=O)N2CCc3c([nH]c4ccccc34)[C@@]2(C)C1=O. The van der Waals surface area contributed by atoms with Gasteiger partial charge in [-0.2, -0.15) is 0 Å². The molecule has 158 valence electrons. The summed E-state index contributed by atoms with van der Waals surface area (Å²) in [4.78, 5) is 45.6. The van der Waals surface area contributed by atoms with Crippen LogP contribution in [0.4, 0.5) is 4.79 Å². The Morgan fingerprint density at radius 2 is 2.17 bits per heavy atom. The van der Waals surface area contributed by atoms with Crippen molar-refractivity contribution in [3.05, 3.63) is 35.5 Å². The van der Waals surface area contributed by atoms with Crippen LogP contribution in [0.3, 0.4) is 0 Å². The molecular weight excluding hydrogens is 384 g/mol. The Labute approximate surface area is 174 Å². The number of nitrogens with one attached hydrogen (secondary N) is 2. The van der Waals surface area contributed by atoms with E-state index in [2.05, 4.69) is 10.3 Å². The number of H-pyrrole nitrogens is 1. The normalized spacial score (nSPS) is 26.8. The third kappa shape index (κ3) is 2.59. The highest BCUT2D eigenvalue weighted by atomic mass is 16.5. The fourth-order valence-electron chi connectivity index (χ4n) is 5.04. The number of hydrogen-bond donors (Lipinski definition) is 2. The van der Waals surface area contributed by atoms with Crippen LogP contribution in [0.1, 0.15) is 37.9 Å². The quantitative estimate of drug-likeness (QED) is 0.753. The Bertz CT molecular complexity index is 1040. The molecule has 0 aliphatic carbocycles. The van der Waals surface area contributed by atoms with Gasteiger partial charge in [0.1, 0.15) is 6.04 Å². The molecule has 1 aromatic heterocycles. The third-order valence-corrected chi connectivity index (χ3v) is 6.79. The lowest BCUT2D eigenvalue weighted by Crippen LogP contribution is -2.50. The van der Waals surface area contributed by atoms with Gasteiger partial charge in [-0.15, -0.1) is 0 Å². The number of imide groups is 1. The van der Waals surface area contributed by atoms with E-state index in [1.165, 1.54) is 0 Å². The van der Waals surface area contributed by atoms with Gasteiger partial charge in [0.05, 0.1) is 11.8 Å². The molecule has 1 unspecified atom stereocenters. The molecule has 30 heavy (non-hydrogen) atoms. The first-order valence-electron chi connectivity index (χ1n) is 10.6. The molecule has 2 fully saturated rings. The maximum atomic E-state index is 13.6. The molecule has 0 saturated carbocycles. The number of amides is 4. The molecule has 4 heterocycles. The molecule has 0 spiro atoms. The molecule has 3 aliphatic heterocycles. The first-order valence-corrected chi connectivity index (χ1v) is 10.6. The number of benzene rings is 1. The molecule has 5 rings (SSSR count). The molecule has 8 heteroatoms. The maximum Gasteiger partial charge on any atom is 0.328 e. The summed E-state index contributed by atoms with van der Waals surface area (Å²) in [6.07, 6.45) is 2.57. The molecular formula is C22H26N4O4. The van der Waals surface area contributed by atoms with Crippen LogP contribution in [0, 0.1) is 0 Å². The summed E-state index contributed by atoms with van der Waals surface area (Å²) >= 11 is 0. The molecule has 2 N–H and O–H groups in total. The van der Waals surface area contributed by atoms with E-state index in [-0.39, 0.29) is 17.9 Å². The first kappa shape index (κ1) is 19.1. The number of urea groups is 1. The fourth-order valence-corrected chi connectivity index (χ4v) is 5.04. The lowest BCUT2D eigenvalue weighted by Gasteiger charge is -2.36. The number of ether oxygens (including phenoxy) is 1. The second-order valence-corrected chi connectivity index (χ2v) is 8.51. The number of carbonyl (C=O) groups is 3. The van der Waals surface area contributed by atoms with Crippen molar-refractivity contribution in [1.29, 1.82) is 0 Å². The van der Waals surface area contributed by atoms with Crippen molar-refractivity contribution in [2.24, 2.45) is 0 Å². The molecule has 2 aromatic rings. The summed E-state index contributed by atoms with van der Waals surface area (Å²) in [5.74, 6) is -0.702. The minimum absolute atomic E-state index is 0.00360. The lowest BCUT2D eigenvalue weighted by atomic mass is 9.87. The number of carbonyl (C=O) groups excluding carboxylic acids is 3. The number of aromatic nitrogens is 1. The molecule has 1 aromatic carbocycles. The molecule has 0 radical (unpaired) electrons. The third-order valence-electron chi connectivity index (χ3n) is 6.79. The van der Waals surface area contributed by atoms with Gasteiger partial charge >= 0.3 is 6.03 Å². The van der Waals surface area contributed by atoms with E-state index >= 15 is 0 Å². The number of hydrogen-bond acceptors (Lipinski definition) is 4. The van der Waals surface area contributed by atoms with E-state index in [1.807, 2.05) is 24.3 Å². The Kier molecular flexibility index (Phi) is 4.36. The standard InChI is InChI=1S/C22H26N4O4/c1-13(19(27)23-12-14-6-5-11-30-14)26-20(28)22(2)18-16(9-10-25(22)21(26)29)15-7-3-4-8-17(15)24-18/h3-4,7-8,13-14,24H,5-6,9-12H2,1-2H3,(H,23,27)/t13-,14?,22-/m0/s1. The van der Waals surface area contributed by atoms with Crippen LogP contribution in [0.15, 0.2) is 24.3 Å². The highest BCUT2D eigenvalue weighted by Gasteiger charge is 2.60. The van der Waals surface area contributed by atoms with Gasteiger partial charge in [-0.25, -0.2) is 9.69 Å². The number of para-hydroxylation sites is 1. The van der Waals surface area contributed by atoms with E-state index in [0.717, 1.165) is 39.9 Å². The van der Waals surface area contributed by atoms with Crippen molar-refractivity contribution in [3.63, 3.8) is 0 Å². The van der Waals surface area contributed by atoms with Crippen LogP contribution in [-0.2, 0) is 26.3 Å². The second-order valence-electron chi connectivity index (χ2n) is 8.51. The van der Waals surface area contributed by atoms with Crippen molar-refractivity contribution < 1.29 is 19.1 Å². The van der Waals surface area contributed by atoms with E-state index in [0.29, 0.717) is 26.1 Å². The molecule has 4 amide bonds. The Hall–Kier alpha value is -2.87. The Morgan fingerprint density at radius 3 is 2.93 bits per heavy atom. The number of rotatable bonds is 4. The largest absolute Gasteiger partial charge is 0.376 e. The van der Waals surface area contributed by atoms with Crippen molar-refractivity contribution in [1.82, 2.24) is 20.1 Å². The van der Waals surface area contributed by atoms with Crippen LogP contribution >= 0.6 is 0 Å². The van der Waals surface area contributed by atoms with Gasteiger partial charge in [-0.05, 0) is 44.7 Å². The molecule has 2 saturated heterocycles. The molecule has 0 bridgehead atoms. The van der Waals surface area contributed by atoms with Crippen LogP contribution in [0.5, 0.6) is 0 Å². The number of fused-ring (bicyclic) bond motifs is 5. The Balaban J connectivity index is 1.43. The molecule has 3 aliphatic rings. The van der Waals surface area contributed by atoms with E-state index in [1.54, 1.807) is 18.7 Å². The van der Waals surface area contributed by atoms with Crippen molar-refractivity contribution >= 4 is 28.7 Å². The van der Waals surface area contributed by atoms with Crippen molar-refractivity contribution in [2.75, 3.05) is 19.7 Å². The van der Waals surface area contributed by atoms with Gasteiger partial charge in [0, 0.05) is 30.6 Å². The topological polar surface area (TPSA) is 94.7 Å². The summed E-state index contributed by atoms with van der Waals surface area (Å²) in [7, 11) is 0. The summed E-state index contributed by atoms with van der Waals surface area (Å²) in [5.41, 5.74) is 1.64. The smallest absolute Gasteiger partial charge is 0.328 e. The first-order chi connectivity index (χ1) is 14.4. The number of aromatic amines is 1. The Morgan fingerprint density at radius 1 is 1.37 bits per heavy atom. The van der Waals surface area contributed by atoms with Gasteiger partial charge in [0.2, 0.25) is 5.91 Å². The van der Waals surface area contributed by atoms with Crippen LogP contribution < -0.4 is 5.32 Å². The zero-order valence-electron chi connectivity index (χ0n) is 17.2. The lowest BCUT2D eigenvalue weighted by molar-refractivity contribution is -0.139. The summed E-state index contributed by atoms with van der Waals surface area (Å²) in [6, 6.07) is 6.62. The fraction of sp³-hybridized carbons (Fsp3) is 0.500. The van der Waals surface area contributed by atoms with Gasteiger partial charge in [0.25, 0.3) is 5.91 Å². The highest BCUT2D eigenvalue weighted by molar-refractivity contribution is 6.10. The number of nitrogens with zero attached hydrogens (tertiary/aromatic N) is 2. The predicted octanol–water partition coefficient (Wildman–Crippen LogP) is 1.89. The monoisotopic (exact) mass is 410 g/mol. The van der Waals surface area contributed by atoms with Crippen LogP contribution in [-0.4, -0.2) is 64.5 Å². The van der Waals surface area contributed by atoms with Crippen molar-refractivity contribution in [2.45, 2.75) is 50.8 Å². The van der Waals surface area contributed by atoms with E-state index in [4.69, 9.17) is 4.74 Å². The van der Waals surface area contributed by atoms with Gasteiger partial charge in [-0.1, -0.05) is 18.2 Å². The predicted molar refractivity (Wildman–Crippen MR) is 110 cm³/mol. The zero-order valence-corrected chi connectivity index (χ0v) is 17.2. The van der Waals surface area contributed by atoms with Gasteiger partial charge < -0.3 is 19.9 Å². The van der Waals surface area contributed by atoms with Crippen molar-refractivity contribution in [3.8, 4) is 0 Å². The zero-order chi connectivity index (χ0) is 21.0. The molecule has 8 nitrogen and oxygen atoms in total. The minimum Gasteiger partial charge on any atom is -0.376 e. The van der Waals surface area contributed by atoms with E-state index < -0.39 is 17.6 Å². The van der Waals surface area contributed by atoms with Gasteiger partial charge in [-0.3, -0.25) is 9.59 Å². The van der Waals surface area contributed by atoms with Crippen LogP contribution in [0.2, 0.25) is 0 Å². The summed E-state index contributed by atoms with van der Waals surface area (Å²) < 4.78 is 5.54.